The summed E-state index contributed by atoms with van der Waals surface area (Å²) in [5.74, 6) is 3.01. The Balaban J connectivity index is 1.53. The molecule has 4 rings (SSSR count). The minimum absolute atomic E-state index is 0.0978. The average Bonchev–Trinajstić information content (AvgIpc) is 3.41. The van der Waals surface area contributed by atoms with E-state index in [4.69, 9.17) is 14.0 Å². The normalized spacial score (nSPS) is 12.3. The van der Waals surface area contributed by atoms with Crippen LogP contribution in [0.4, 0.5) is 0 Å². The van der Waals surface area contributed by atoms with Crippen molar-refractivity contribution in [3.05, 3.63) is 44.9 Å². The summed E-state index contributed by atoms with van der Waals surface area (Å²) in [7, 11) is 3.17. The van der Waals surface area contributed by atoms with E-state index < -0.39 is 0 Å². The molecule has 174 valence electrons. The number of aryl methyl sites for hydroxylation is 1. The number of thioether (sulfide) groups is 1. The fraction of sp³-hybridized carbons (Fsp3) is 0.391. The van der Waals surface area contributed by atoms with E-state index in [0.29, 0.717) is 51.0 Å². The first kappa shape index (κ1) is 23.3. The summed E-state index contributed by atoms with van der Waals surface area (Å²) in [6, 6.07) is 5.40. The van der Waals surface area contributed by atoms with Crippen LogP contribution in [0, 0.1) is 12.8 Å². The molecule has 0 aliphatic carbocycles. The van der Waals surface area contributed by atoms with E-state index in [2.05, 4.69) is 40.9 Å². The van der Waals surface area contributed by atoms with Crippen molar-refractivity contribution >= 4 is 33.3 Å². The number of ether oxygens (including phenoxy) is 2. The summed E-state index contributed by atoms with van der Waals surface area (Å²) in [5.41, 5.74) is 1.72. The smallest absolute Gasteiger partial charge is 0.260 e. The van der Waals surface area contributed by atoms with Crippen LogP contribution in [0.5, 0.6) is 11.5 Å². The first-order valence-electron chi connectivity index (χ1n) is 10.6. The minimum atomic E-state index is -0.0978. The van der Waals surface area contributed by atoms with Crippen LogP contribution in [0.25, 0.3) is 21.6 Å². The maximum atomic E-state index is 12.8. The largest absolute Gasteiger partial charge is 0.497 e. The van der Waals surface area contributed by atoms with Crippen LogP contribution in [0.15, 0.2) is 32.7 Å². The van der Waals surface area contributed by atoms with Gasteiger partial charge in [0.15, 0.2) is 5.16 Å². The lowest BCUT2D eigenvalue weighted by atomic mass is 9.98. The molecule has 10 heteroatoms. The second-order valence-electron chi connectivity index (χ2n) is 7.77. The second kappa shape index (κ2) is 9.96. The van der Waals surface area contributed by atoms with Crippen LogP contribution in [0.1, 0.15) is 36.6 Å². The monoisotopic (exact) mass is 486 g/mol. The van der Waals surface area contributed by atoms with Gasteiger partial charge in [0.25, 0.3) is 5.56 Å². The van der Waals surface area contributed by atoms with Crippen molar-refractivity contribution in [2.75, 3.05) is 14.2 Å². The van der Waals surface area contributed by atoms with Crippen molar-refractivity contribution in [2.45, 2.75) is 44.5 Å². The van der Waals surface area contributed by atoms with Gasteiger partial charge in [0.2, 0.25) is 11.7 Å². The fourth-order valence-corrected chi connectivity index (χ4v) is 5.31. The number of H-pyrrole nitrogens is 1. The number of aromatic amines is 1. The lowest BCUT2D eigenvalue weighted by Crippen LogP contribution is -2.11. The van der Waals surface area contributed by atoms with Crippen molar-refractivity contribution in [3.63, 3.8) is 0 Å². The van der Waals surface area contributed by atoms with Crippen LogP contribution >= 0.6 is 23.1 Å². The van der Waals surface area contributed by atoms with Crippen LogP contribution < -0.4 is 15.0 Å². The number of nitrogens with one attached hydrogen (secondary N) is 1. The van der Waals surface area contributed by atoms with Gasteiger partial charge in [-0.1, -0.05) is 37.2 Å². The molecule has 33 heavy (non-hydrogen) atoms. The molecule has 0 saturated carbocycles. The van der Waals surface area contributed by atoms with Gasteiger partial charge in [-0.05, 0) is 37.0 Å². The van der Waals surface area contributed by atoms with Crippen molar-refractivity contribution in [3.8, 4) is 22.9 Å². The van der Waals surface area contributed by atoms with E-state index in [-0.39, 0.29) is 5.56 Å². The molecule has 1 N–H and O–H groups in total. The number of rotatable bonds is 9. The maximum absolute atomic E-state index is 12.8. The Labute approximate surface area is 199 Å². The lowest BCUT2D eigenvalue weighted by molar-refractivity contribution is 0.388. The summed E-state index contributed by atoms with van der Waals surface area (Å²) in [6.07, 6.45) is 1.96. The Morgan fingerprint density at radius 3 is 2.79 bits per heavy atom. The van der Waals surface area contributed by atoms with Gasteiger partial charge in [-0.25, -0.2) is 4.98 Å². The van der Waals surface area contributed by atoms with Gasteiger partial charge >= 0.3 is 0 Å². The Bertz CT molecular complexity index is 1330. The molecule has 0 spiro atoms. The van der Waals surface area contributed by atoms with Crippen molar-refractivity contribution in [2.24, 2.45) is 5.92 Å². The van der Waals surface area contributed by atoms with Crippen molar-refractivity contribution < 1.29 is 14.0 Å². The minimum Gasteiger partial charge on any atom is -0.497 e. The number of fused-ring (bicyclic) bond motifs is 1. The molecule has 0 amide bonds. The highest BCUT2D eigenvalue weighted by Gasteiger charge is 2.18. The summed E-state index contributed by atoms with van der Waals surface area (Å²) in [5, 5.41) is 5.32. The third kappa shape index (κ3) is 4.91. The van der Waals surface area contributed by atoms with Gasteiger partial charge in [0.05, 0.1) is 30.9 Å². The van der Waals surface area contributed by atoms with Gasteiger partial charge in [-0.15, -0.1) is 11.3 Å². The fourth-order valence-electron chi connectivity index (χ4n) is 3.50. The number of thiophene rings is 1. The topological polar surface area (TPSA) is 103 Å². The number of benzene rings is 1. The maximum Gasteiger partial charge on any atom is 0.260 e. The third-order valence-electron chi connectivity index (χ3n) is 5.54. The van der Waals surface area contributed by atoms with Crippen LogP contribution in [-0.4, -0.2) is 34.3 Å². The molecular formula is C23H26N4O4S2. The second-order valence-corrected chi connectivity index (χ2v) is 9.94. The highest BCUT2D eigenvalue weighted by atomic mass is 32.2. The number of hydrogen-bond donors (Lipinski definition) is 1. The van der Waals surface area contributed by atoms with E-state index in [1.165, 1.54) is 11.8 Å². The van der Waals surface area contributed by atoms with E-state index in [9.17, 15) is 4.79 Å². The van der Waals surface area contributed by atoms with Crippen LogP contribution in [0.2, 0.25) is 0 Å². The lowest BCUT2D eigenvalue weighted by Gasteiger charge is -2.08. The van der Waals surface area contributed by atoms with Crippen LogP contribution in [-0.2, 0) is 12.2 Å². The Morgan fingerprint density at radius 2 is 2.06 bits per heavy atom. The van der Waals surface area contributed by atoms with Gasteiger partial charge < -0.3 is 19.0 Å². The highest BCUT2D eigenvalue weighted by molar-refractivity contribution is 7.98. The molecule has 0 aliphatic heterocycles. The molecule has 1 aromatic carbocycles. The van der Waals surface area contributed by atoms with E-state index >= 15 is 0 Å². The molecule has 0 fully saturated rings. The molecule has 0 unspecified atom stereocenters. The molecule has 4 aromatic rings. The molecule has 1 atom stereocenters. The summed E-state index contributed by atoms with van der Waals surface area (Å²) < 4.78 is 16.1. The quantitative estimate of drug-likeness (QED) is 0.253. The molecular weight excluding hydrogens is 460 g/mol. The number of aromatic nitrogens is 4. The number of nitrogens with zero attached hydrogens (tertiary/aromatic N) is 3. The Hall–Kier alpha value is -2.85. The Kier molecular flexibility index (Phi) is 7.04. The van der Waals surface area contributed by atoms with Gasteiger partial charge in [-0.2, -0.15) is 4.98 Å². The SMILES string of the molecule is CC[C@@H](C)Cc1c(C)sc2nc(SCc3nc(-c4ccc(OC)cc4OC)no3)[nH]c(=O)c12. The van der Waals surface area contributed by atoms with Crippen molar-refractivity contribution in [1.82, 2.24) is 20.1 Å². The van der Waals surface area contributed by atoms with Gasteiger partial charge in [-0.3, -0.25) is 4.79 Å². The third-order valence-corrected chi connectivity index (χ3v) is 7.44. The predicted molar refractivity (Wildman–Crippen MR) is 131 cm³/mol. The molecule has 3 aromatic heterocycles. The highest BCUT2D eigenvalue weighted by Crippen LogP contribution is 2.33. The zero-order chi connectivity index (χ0) is 23.5. The summed E-state index contributed by atoms with van der Waals surface area (Å²) in [6.45, 7) is 6.43. The molecule has 0 aliphatic rings. The van der Waals surface area contributed by atoms with Crippen LogP contribution in [0.3, 0.4) is 0 Å². The van der Waals surface area contributed by atoms with E-state index in [1.54, 1.807) is 31.6 Å². The summed E-state index contributed by atoms with van der Waals surface area (Å²) in [4.78, 5) is 26.8. The van der Waals surface area contributed by atoms with E-state index in [1.807, 2.05) is 12.1 Å². The Morgan fingerprint density at radius 1 is 1.24 bits per heavy atom. The molecule has 3 heterocycles. The number of hydrogen-bond acceptors (Lipinski definition) is 9. The molecule has 0 saturated heterocycles. The standard InChI is InChI=1S/C23H26N4O4S2/c1-6-12(2)9-16-13(3)33-22-19(16)21(28)25-23(26-22)32-11-18-24-20(27-31-18)15-8-7-14(29-4)10-17(15)30-5/h7-8,10,12H,6,9,11H2,1-5H3,(H,25,26,28)/t12-/m1/s1. The predicted octanol–water partition coefficient (Wildman–Crippen LogP) is 5.24. The average molecular weight is 487 g/mol. The van der Waals surface area contributed by atoms with Gasteiger partial charge in [0.1, 0.15) is 16.3 Å². The van der Waals surface area contributed by atoms with E-state index in [0.717, 1.165) is 28.1 Å². The molecule has 0 bridgehead atoms. The molecule has 0 radical (unpaired) electrons. The van der Waals surface area contributed by atoms with Gasteiger partial charge in [0, 0.05) is 10.9 Å². The number of methoxy groups -OCH3 is 2. The zero-order valence-electron chi connectivity index (χ0n) is 19.2. The zero-order valence-corrected chi connectivity index (χ0v) is 20.9. The summed E-state index contributed by atoms with van der Waals surface area (Å²) >= 11 is 2.92. The first-order valence-corrected chi connectivity index (χ1v) is 12.4. The first-order chi connectivity index (χ1) is 15.9. The van der Waals surface area contributed by atoms with Crippen molar-refractivity contribution in [1.29, 1.82) is 0 Å². The molecule has 8 nitrogen and oxygen atoms in total.